The van der Waals surface area contributed by atoms with Crippen LogP contribution in [0.15, 0.2) is 41.8 Å². The zero-order valence-corrected chi connectivity index (χ0v) is 15.9. The molecule has 2 heterocycles. The van der Waals surface area contributed by atoms with Crippen molar-refractivity contribution in [1.82, 2.24) is 15.1 Å². The van der Waals surface area contributed by atoms with Crippen molar-refractivity contribution in [2.24, 2.45) is 0 Å². The van der Waals surface area contributed by atoms with Crippen LogP contribution in [0.2, 0.25) is 0 Å². The van der Waals surface area contributed by atoms with E-state index in [1.165, 1.54) is 4.90 Å². The monoisotopic (exact) mass is 383 g/mol. The lowest BCUT2D eigenvalue weighted by Crippen LogP contribution is -2.46. The van der Waals surface area contributed by atoms with E-state index >= 15 is 0 Å². The number of rotatable bonds is 4. The molecule has 4 amide bonds. The first kappa shape index (κ1) is 17.7. The number of thiophene rings is 1. The lowest BCUT2D eigenvalue weighted by Gasteiger charge is -2.31. The first-order chi connectivity index (χ1) is 13.0. The average molecular weight is 383 g/mol. The summed E-state index contributed by atoms with van der Waals surface area (Å²) in [6, 6.07) is 11.1. The second-order valence-electron chi connectivity index (χ2n) is 7.07. The first-order valence-corrected chi connectivity index (χ1v) is 9.88. The fourth-order valence-corrected chi connectivity index (χ4v) is 4.89. The highest BCUT2D eigenvalue weighted by Crippen LogP contribution is 2.42. The van der Waals surface area contributed by atoms with E-state index in [9.17, 15) is 14.4 Å². The normalized spacial score (nSPS) is 21.3. The highest BCUT2D eigenvalue weighted by atomic mass is 32.1. The van der Waals surface area contributed by atoms with E-state index in [0.29, 0.717) is 13.0 Å². The van der Waals surface area contributed by atoms with Crippen molar-refractivity contribution in [3.05, 3.63) is 57.8 Å². The van der Waals surface area contributed by atoms with Gasteiger partial charge in [0.15, 0.2) is 0 Å². The molecule has 1 fully saturated rings. The Kier molecular flexibility index (Phi) is 4.47. The van der Waals surface area contributed by atoms with E-state index < -0.39 is 11.6 Å². The number of nitrogens with zero attached hydrogens (tertiary/aromatic N) is 2. The topological polar surface area (TPSA) is 69.7 Å². The third kappa shape index (κ3) is 3.02. The number of carbonyl (C=O) groups is 3. The van der Waals surface area contributed by atoms with Gasteiger partial charge in [-0.1, -0.05) is 30.3 Å². The van der Waals surface area contributed by atoms with E-state index in [1.807, 2.05) is 41.8 Å². The fraction of sp³-hybridized carbons (Fsp3) is 0.350. The van der Waals surface area contributed by atoms with Crippen molar-refractivity contribution in [2.75, 3.05) is 13.6 Å². The Hall–Kier alpha value is -2.67. The Morgan fingerprint density at radius 2 is 2.04 bits per heavy atom. The molecule has 140 valence electrons. The number of urea groups is 1. The summed E-state index contributed by atoms with van der Waals surface area (Å²) in [6.45, 7) is 0.193. The lowest BCUT2D eigenvalue weighted by molar-refractivity contribution is -0.139. The predicted molar refractivity (Wildman–Crippen MR) is 102 cm³/mol. The maximum atomic E-state index is 13.1. The molecule has 1 aromatic carbocycles. The fourth-order valence-electron chi connectivity index (χ4n) is 3.89. The third-order valence-corrected chi connectivity index (χ3v) is 6.30. The van der Waals surface area contributed by atoms with Gasteiger partial charge in [-0.05, 0) is 36.3 Å². The summed E-state index contributed by atoms with van der Waals surface area (Å²) in [6.07, 6.45) is 2.34. The molecule has 2 aliphatic rings. The van der Waals surface area contributed by atoms with E-state index in [4.69, 9.17) is 0 Å². The van der Waals surface area contributed by atoms with Crippen molar-refractivity contribution >= 4 is 29.2 Å². The maximum absolute atomic E-state index is 13.1. The molecule has 1 N–H and O–H groups in total. The number of amides is 4. The number of hydrogen-bond donors (Lipinski definition) is 1. The SMILES string of the molecule is CN(Cc1ccccc1)C(=O)CN1C(=O)NC2(CCCc3sccc32)C1=O. The quantitative estimate of drug-likeness (QED) is 0.825. The smallest absolute Gasteiger partial charge is 0.325 e. The average Bonchev–Trinajstić information content (AvgIpc) is 3.23. The van der Waals surface area contributed by atoms with Gasteiger partial charge in [-0.2, -0.15) is 0 Å². The molecule has 1 unspecified atom stereocenters. The summed E-state index contributed by atoms with van der Waals surface area (Å²) in [7, 11) is 1.68. The van der Waals surface area contributed by atoms with Crippen molar-refractivity contribution in [2.45, 2.75) is 31.3 Å². The van der Waals surface area contributed by atoms with Gasteiger partial charge in [0.25, 0.3) is 5.91 Å². The molecule has 1 aromatic heterocycles. The highest BCUT2D eigenvalue weighted by Gasteiger charge is 2.54. The molecule has 2 aromatic rings. The molecule has 1 aliphatic carbocycles. The molecule has 1 aliphatic heterocycles. The Morgan fingerprint density at radius 3 is 2.81 bits per heavy atom. The van der Waals surface area contributed by atoms with E-state index in [-0.39, 0.29) is 18.4 Å². The minimum Gasteiger partial charge on any atom is -0.340 e. The molecule has 0 bridgehead atoms. The van der Waals surface area contributed by atoms with Crippen LogP contribution in [0.3, 0.4) is 0 Å². The Labute approximate surface area is 161 Å². The predicted octanol–water partition coefficient (Wildman–Crippen LogP) is 2.49. The van der Waals surface area contributed by atoms with Crippen LogP contribution < -0.4 is 5.32 Å². The van der Waals surface area contributed by atoms with Gasteiger partial charge in [0.2, 0.25) is 5.91 Å². The standard InChI is InChI=1S/C20H21N3O3S/c1-22(12-14-6-3-2-4-7-14)17(24)13-23-18(25)20(21-19(23)26)10-5-8-16-15(20)9-11-27-16/h2-4,6-7,9,11H,5,8,10,12-13H2,1H3,(H,21,26). The zero-order valence-electron chi connectivity index (χ0n) is 15.1. The van der Waals surface area contributed by atoms with Gasteiger partial charge in [-0.3, -0.25) is 14.5 Å². The third-order valence-electron chi connectivity index (χ3n) is 5.32. The molecule has 0 saturated carbocycles. The van der Waals surface area contributed by atoms with Crippen LogP contribution in [0.1, 0.15) is 28.8 Å². The van der Waals surface area contributed by atoms with Gasteiger partial charge in [0.1, 0.15) is 12.1 Å². The number of nitrogens with one attached hydrogen (secondary N) is 1. The van der Waals surface area contributed by atoms with Crippen LogP contribution >= 0.6 is 11.3 Å². The van der Waals surface area contributed by atoms with E-state index in [2.05, 4.69) is 5.32 Å². The van der Waals surface area contributed by atoms with Gasteiger partial charge >= 0.3 is 6.03 Å². The minimum atomic E-state index is -0.997. The van der Waals surface area contributed by atoms with Crippen LogP contribution in [0.25, 0.3) is 0 Å². The second kappa shape index (κ2) is 6.81. The van der Waals surface area contributed by atoms with Crippen LogP contribution in [0, 0.1) is 0 Å². The van der Waals surface area contributed by atoms with E-state index in [0.717, 1.165) is 33.7 Å². The number of likely N-dealkylation sites (N-methyl/N-ethyl adjacent to an activating group) is 1. The number of benzene rings is 1. The van der Waals surface area contributed by atoms with Gasteiger partial charge in [-0.25, -0.2) is 4.79 Å². The second-order valence-corrected chi connectivity index (χ2v) is 8.07. The number of hydrogen-bond acceptors (Lipinski definition) is 4. The van der Waals surface area contributed by atoms with Crippen molar-refractivity contribution in [3.8, 4) is 0 Å². The van der Waals surface area contributed by atoms with Crippen LogP contribution in [-0.4, -0.2) is 41.2 Å². The first-order valence-electron chi connectivity index (χ1n) is 9.00. The van der Waals surface area contributed by atoms with Crippen LogP contribution in [0.4, 0.5) is 4.79 Å². The molecule has 1 atom stereocenters. The van der Waals surface area contributed by atoms with Gasteiger partial charge in [0.05, 0.1) is 0 Å². The van der Waals surface area contributed by atoms with Crippen molar-refractivity contribution < 1.29 is 14.4 Å². The summed E-state index contributed by atoms with van der Waals surface area (Å²) >= 11 is 1.61. The van der Waals surface area contributed by atoms with E-state index in [1.54, 1.807) is 18.4 Å². The summed E-state index contributed by atoms with van der Waals surface area (Å²) in [4.78, 5) is 42.0. The number of aryl methyl sites for hydroxylation is 1. The number of carbonyl (C=O) groups excluding carboxylic acids is 3. The molecule has 6 nitrogen and oxygen atoms in total. The molecule has 1 saturated heterocycles. The molecule has 0 radical (unpaired) electrons. The van der Waals surface area contributed by atoms with Crippen molar-refractivity contribution in [3.63, 3.8) is 0 Å². The van der Waals surface area contributed by atoms with Gasteiger partial charge in [0, 0.05) is 24.0 Å². The number of imide groups is 1. The minimum absolute atomic E-state index is 0.241. The Balaban J connectivity index is 1.50. The molecule has 27 heavy (non-hydrogen) atoms. The van der Waals surface area contributed by atoms with Crippen molar-refractivity contribution in [1.29, 1.82) is 0 Å². The Bertz CT molecular complexity index is 895. The Morgan fingerprint density at radius 1 is 1.26 bits per heavy atom. The molecular formula is C20H21N3O3S. The van der Waals surface area contributed by atoms with Gasteiger partial charge < -0.3 is 10.2 Å². The summed E-state index contributed by atoms with van der Waals surface area (Å²) in [5, 5.41) is 4.84. The van der Waals surface area contributed by atoms with Crippen LogP contribution in [-0.2, 0) is 28.1 Å². The maximum Gasteiger partial charge on any atom is 0.325 e. The van der Waals surface area contributed by atoms with Crippen LogP contribution in [0.5, 0.6) is 0 Å². The highest BCUT2D eigenvalue weighted by molar-refractivity contribution is 7.10. The van der Waals surface area contributed by atoms with Gasteiger partial charge in [-0.15, -0.1) is 11.3 Å². The number of fused-ring (bicyclic) bond motifs is 2. The molecule has 7 heteroatoms. The largest absolute Gasteiger partial charge is 0.340 e. The summed E-state index contributed by atoms with van der Waals surface area (Å²) in [5.41, 5.74) is 0.894. The summed E-state index contributed by atoms with van der Waals surface area (Å²) < 4.78 is 0. The lowest BCUT2D eigenvalue weighted by atomic mass is 9.80. The molecule has 1 spiro atoms. The summed E-state index contributed by atoms with van der Waals surface area (Å²) in [5.74, 6) is -0.575. The molecule has 4 rings (SSSR count). The molecular weight excluding hydrogens is 362 g/mol. The zero-order chi connectivity index (χ0) is 19.0.